The monoisotopic (exact) mass is 430 g/mol. The zero-order valence-corrected chi connectivity index (χ0v) is 18.0. The molecule has 0 spiro atoms. The summed E-state index contributed by atoms with van der Waals surface area (Å²) in [5.74, 6) is 4.90. The second-order valence-corrected chi connectivity index (χ2v) is 7.49. The molecule has 0 bridgehead atoms. The fourth-order valence-electron chi connectivity index (χ4n) is 3.07. The fraction of sp³-hybridized carbons (Fsp3) is 0.250. The molecule has 0 amide bonds. The molecule has 1 aromatic heterocycles. The molecular weight excluding hydrogens is 408 g/mol. The summed E-state index contributed by atoms with van der Waals surface area (Å²) in [6, 6.07) is 14.0. The van der Waals surface area contributed by atoms with Crippen LogP contribution >= 0.6 is 0 Å². The molecule has 8 heteroatoms. The minimum atomic E-state index is -1.75. The average molecular weight is 430 g/mol. The number of nitrogens with zero attached hydrogens (tertiary/aromatic N) is 4. The van der Waals surface area contributed by atoms with Crippen LogP contribution in [0.2, 0.25) is 0 Å². The summed E-state index contributed by atoms with van der Waals surface area (Å²) in [5, 5.41) is 24.6. The predicted molar refractivity (Wildman–Crippen MR) is 118 cm³/mol. The zero-order valence-electron chi connectivity index (χ0n) is 18.0. The first-order chi connectivity index (χ1) is 15.3. The van der Waals surface area contributed by atoms with Crippen molar-refractivity contribution in [3.63, 3.8) is 0 Å². The highest BCUT2D eigenvalue weighted by Gasteiger charge is 2.23. The van der Waals surface area contributed by atoms with Crippen LogP contribution < -0.4 is 0 Å². The number of rotatable bonds is 6. The van der Waals surface area contributed by atoms with Gasteiger partial charge in [-0.1, -0.05) is 17.9 Å². The van der Waals surface area contributed by atoms with Crippen LogP contribution in [0.25, 0.3) is 16.6 Å². The van der Waals surface area contributed by atoms with E-state index in [1.807, 2.05) is 19.0 Å². The minimum Gasteiger partial charge on any atom is -0.464 e. The predicted octanol–water partition coefficient (Wildman–Crippen LogP) is 1.92. The van der Waals surface area contributed by atoms with Crippen LogP contribution in [0.15, 0.2) is 42.5 Å². The number of nitriles is 1. The highest BCUT2D eigenvalue weighted by atomic mass is 16.5. The molecule has 162 valence electrons. The molecule has 2 aromatic carbocycles. The molecule has 0 saturated carbocycles. The number of ether oxygens (including phenoxy) is 1. The highest BCUT2D eigenvalue weighted by Crippen LogP contribution is 2.24. The van der Waals surface area contributed by atoms with Gasteiger partial charge in [0.05, 0.1) is 29.9 Å². The maximum atomic E-state index is 12.2. The van der Waals surface area contributed by atoms with Crippen LogP contribution in [0, 0.1) is 23.2 Å². The number of carbonyl (C=O) groups excluding carboxylic acids is 2. The van der Waals surface area contributed by atoms with E-state index in [4.69, 9.17) is 4.74 Å². The zero-order chi connectivity index (χ0) is 23.3. The largest absolute Gasteiger partial charge is 0.464 e. The lowest BCUT2D eigenvalue weighted by atomic mass is 10.0. The van der Waals surface area contributed by atoms with Crippen molar-refractivity contribution in [1.29, 1.82) is 5.26 Å². The number of methoxy groups -OCH3 is 1. The molecule has 0 fully saturated rings. The molecule has 0 aliphatic carbocycles. The molecule has 1 heterocycles. The maximum absolute atomic E-state index is 12.2. The van der Waals surface area contributed by atoms with Crippen molar-refractivity contribution >= 4 is 23.2 Å². The van der Waals surface area contributed by atoms with Gasteiger partial charge in [0, 0.05) is 23.9 Å². The van der Waals surface area contributed by atoms with Crippen molar-refractivity contribution < 1.29 is 19.4 Å². The molecule has 1 atom stereocenters. The number of aromatic nitrogens is 2. The third-order valence-electron chi connectivity index (χ3n) is 4.84. The first-order valence-corrected chi connectivity index (χ1v) is 9.78. The summed E-state index contributed by atoms with van der Waals surface area (Å²) in [7, 11) is 4.96. The number of carbonyl (C=O) groups is 2. The Bertz CT molecular complexity index is 1280. The molecular formula is C24H22N4O4. The molecule has 1 unspecified atom stereocenters. The normalized spacial score (nSPS) is 12.5. The molecule has 3 aromatic rings. The summed E-state index contributed by atoms with van der Waals surface area (Å²) in [4.78, 5) is 25.4. The van der Waals surface area contributed by atoms with Crippen LogP contribution in [0.4, 0.5) is 0 Å². The number of esters is 1. The number of aldehydes is 1. The number of fused-ring (bicyclic) bond motifs is 1. The van der Waals surface area contributed by atoms with Gasteiger partial charge in [-0.2, -0.15) is 10.4 Å². The van der Waals surface area contributed by atoms with Gasteiger partial charge in [-0.3, -0.25) is 4.79 Å². The van der Waals surface area contributed by atoms with Crippen molar-refractivity contribution in [2.24, 2.45) is 0 Å². The Labute approximate surface area is 185 Å². The van der Waals surface area contributed by atoms with Gasteiger partial charge in [-0.05, 0) is 50.5 Å². The summed E-state index contributed by atoms with van der Waals surface area (Å²) in [5.41, 5.74) is 0.496. The van der Waals surface area contributed by atoms with Crippen molar-refractivity contribution in [2.75, 3.05) is 27.7 Å². The van der Waals surface area contributed by atoms with E-state index in [0.29, 0.717) is 40.5 Å². The summed E-state index contributed by atoms with van der Waals surface area (Å²) in [6.45, 7) is 0.501. The Hall–Kier alpha value is -3.98. The van der Waals surface area contributed by atoms with Crippen LogP contribution in [-0.2, 0) is 9.53 Å². The lowest BCUT2D eigenvalue weighted by molar-refractivity contribution is -0.119. The van der Waals surface area contributed by atoms with E-state index in [9.17, 15) is 20.0 Å². The van der Waals surface area contributed by atoms with Gasteiger partial charge < -0.3 is 14.7 Å². The second-order valence-electron chi connectivity index (χ2n) is 7.49. The van der Waals surface area contributed by atoms with E-state index in [-0.39, 0.29) is 12.1 Å². The van der Waals surface area contributed by atoms with Gasteiger partial charge in [0.2, 0.25) is 0 Å². The Balaban J connectivity index is 2.06. The first kappa shape index (κ1) is 22.7. The molecule has 0 aliphatic heterocycles. The van der Waals surface area contributed by atoms with Crippen molar-refractivity contribution in [3.8, 4) is 23.6 Å². The van der Waals surface area contributed by atoms with Crippen molar-refractivity contribution in [3.05, 3.63) is 59.3 Å². The topological polar surface area (TPSA) is 108 Å². The summed E-state index contributed by atoms with van der Waals surface area (Å²) < 4.78 is 6.37. The van der Waals surface area contributed by atoms with Gasteiger partial charge in [0.25, 0.3) is 0 Å². The van der Waals surface area contributed by atoms with Crippen LogP contribution in [-0.4, -0.2) is 65.4 Å². The first-order valence-electron chi connectivity index (χ1n) is 9.78. The molecule has 0 saturated heterocycles. The van der Waals surface area contributed by atoms with E-state index >= 15 is 0 Å². The van der Waals surface area contributed by atoms with Gasteiger partial charge in [-0.15, -0.1) is 0 Å². The minimum absolute atomic E-state index is 0.127. The van der Waals surface area contributed by atoms with E-state index < -0.39 is 11.6 Å². The quantitative estimate of drug-likeness (QED) is 0.362. The molecule has 8 nitrogen and oxygen atoms in total. The number of hydrogen-bond donors (Lipinski definition) is 1. The summed E-state index contributed by atoms with van der Waals surface area (Å²) in [6.07, 6.45) is 0.625. The number of hydrogen-bond acceptors (Lipinski definition) is 7. The Morgan fingerprint density at radius 2 is 2.06 bits per heavy atom. The molecule has 1 N–H and O–H groups in total. The molecule has 3 rings (SSSR count). The summed E-state index contributed by atoms with van der Waals surface area (Å²) >= 11 is 0. The Kier molecular flexibility index (Phi) is 6.70. The van der Waals surface area contributed by atoms with Crippen LogP contribution in [0.5, 0.6) is 0 Å². The molecule has 0 radical (unpaired) electrons. The van der Waals surface area contributed by atoms with Crippen LogP contribution in [0.3, 0.4) is 0 Å². The third-order valence-corrected chi connectivity index (χ3v) is 4.84. The van der Waals surface area contributed by atoms with Gasteiger partial charge in [-0.25, -0.2) is 9.48 Å². The highest BCUT2D eigenvalue weighted by molar-refractivity contribution is 6.02. The lowest BCUT2D eigenvalue weighted by Gasteiger charge is -2.17. The molecule has 0 aliphatic rings. The lowest BCUT2D eigenvalue weighted by Crippen LogP contribution is -2.33. The Morgan fingerprint density at radius 3 is 2.72 bits per heavy atom. The van der Waals surface area contributed by atoms with E-state index in [2.05, 4.69) is 23.0 Å². The van der Waals surface area contributed by atoms with E-state index in [1.54, 1.807) is 42.5 Å². The second kappa shape index (κ2) is 9.44. The van der Waals surface area contributed by atoms with Crippen LogP contribution in [0.1, 0.15) is 28.0 Å². The number of benzene rings is 2. The smallest absolute Gasteiger partial charge is 0.359 e. The standard InChI is InChI=1S/C24H22N4O4/c1-27(2)12-11-24(31,16-29)10-9-17-5-4-6-19(13-17)28-21-14-18(15-25)7-8-20(21)22(26-28)23(30)32-3/h4-8,13-14,16,31H,11-12H2,1-3H3. The molecule has 32 heavy (non-hydrogen) atoms. The van der Waals surface area contributed by atoms with Gasteiger partial charge in [0.1, 0.15) is 0 Å². The Morgan fingerprint density at radius 1 is 1.28 bits per heavy atom. The van der Waals surface area contributed by atoms with E-state index in [0.717, 1.165) is 0 Å². The van der Waals surface area contributed by atoms with Crippen molar-refractivity contribution in [1.82, 2.24) is 14.7 Å². The average Bonchev–Trinajstić information content (AvgIpc) is 3.20. The van der Waals surface area contributed by atoms with E-state index in [1.165, 1.54) is 11.8 Å². The maximum Gasteiger partial charge on any atom is 0.359 e. The number of aliphatic hydroxyl groups is 1. The fourth-order valence-corrected chi connectivity index (χ4v) is 3.07. The SMILES string of the molecule is COC(=O)c1nn(-c2cccc(C#CC(O)(C=O)CCN(C)C)c2)c2cc(C#N)ccc12. The van der Waals surface area contributed by atoms with Gasteiger partial charge in [0.15, 0.2) is 17.6 Å². The third kappa shape index (κ3) is 4.84. The van der Waals surface area contributed by atoms with Gasteiger partial charge >= 0.3 is 5.97 Å². The van der Waals surface area contributed by atoms with Crippen molar-refractivity contribution in [2.45, 2.75) is 12.0 Å².